The number of ketones is 1. The van der Waals surface area contributed by atoms with Crippen molar-refractivity contribution in [1.29, 1.82) is 0 Å². The van der Waals surface area contributed by atoms with E-state index in [0.717, 1.165) is 12.8 Å². The molecule has 2 saturated carbocycles. The van der Waals surface area contributed by atoms with Gasteiger partial charge in [-0.15, -0.1) is 0 Å². The van der Waals surface area contributed by atoms with Gasteiger partial charge in [-0.05, 0) is 25.2 Å². The Morgan fingerprint density at radius 1 is 1.35 bits per heavy atom. The molecule has 2 fully saturated rings. The standard InChI is InChI=1S/C15H20N2O3/c1-9-7-11(17-20-9)16-12(19)15-6-5-14(4,10(18)8-15)13(15,2)3/h7H,5-6,8H2,1-4H3,(H,16,17,19)/t14-,15-/m0/s1. The molecule has 108 valence electrons. The molecule has 0 unspecified atom stereocenters. The number of fused-ring (bicyclic) bond motifs is 2. The van der Waals surface area contributed by atoms with Gasteiger partial charge >= 0.3 is 0 Å². The summed E-state index contributed by atoms with van der Waals surface area (Å²) in [7, 11) is 0. The number of Topliss-reactive ketones (excluding diaryl/α,β-unsaturated/α-hetero) is 1. The lowest BCUT2D eigenvalue weighted by molar-refractivity contribution is -0.131. The number of aromatic nitrogens is 1. The Kier molecular flexibility index (Phi) is 2.48. The van der Waals surface area contributed by atoms with Crippen LogP contribution in [0, 0.1) is 23.2 Å². The van der Waals surface area contributed by atoms with E-state index in [1.165, 1.54) is 0 Å². The number of nitrogens with one attached hydrogen (secondary N) is 1. The molecular formula is C15H20N2O3. The van der Waals surface area contributed by atoms with E-state index in [0.29, 0.717) is 18.0 Å². The molecule has 1 heterocycles. The quantitative estimate of drug-likeness (QED) is 0.901. The second-order valence-corrected chi connectivity index (χ2v) is 6.92. The van der Waals surface area contributed by atoms with Gasteiger partial charge in [-0.1, -0.05) is 25.9 Å². The lowest BCUT2D eigenvalue weighted by Crippen LogP contribution is -2.43. The van der Waals surface area contributed by atoms with Gasteiger partial charge in [0.25, 0.3) is 0 Å². The predicted octanol–water partition coefficient (Wildman–Crippen LogP) is 2.71. The van der Waals surface area contributed by atoms with E-state index in [2.05, 4.69) is 10.5 Å². The molecule has 20 heavy (non-hydrogen) atoms. The molecule has 0 saturated heterocycles. The summed E-state index contributed by atoms with van der Waals surface area (Å²) in [5.41, 5.74) is -1.34. The van der Waals surface area contributed by atoms with Gasteiger partial charge < -0.3 is 9.84 Å². The number of anilines is 1. The highest BCUT2D eigenvalue weighted by Crippen LogP contribution is 2.70. The van der Waals surface area contributed by atoms with Crippen molar-refractivity contribution in [1.82, 2.24) is 5.16 Å². The van der Waals surface area contributed by atoms with Crippen molar-refractivity contribution < 1.29 is 14.1 Å². The Morgan fingerprint density at radius 3 is 2.50 bits per heavy atom. The van der Waals surface area contributed by atoms with Gasteiger partial charge in [-0.2, -0.15) is 0 Å². The van der Waals surface area contributed by atoms with E-state index in [-0.39, 0.29) is 22.5 Å². The number of carbonyl (C=O) groups is 2. The van der Waals surface area contributed by atoms with Gasteiger partial charge in [0.1, 0.15) is 11.5 Å². The van der Waals surface area contributed by atoms with Crippen LogP contribution in [-0.2, 0) is 9.59 Å². The van der Waals surface area contributed by atoms with Gasteiger partial charge in [-0.3, -0.25) is 9.59 Å². The van der Waals surface area contributed by atoms with Gasteiger partial charge in [0, 0.05) is 17.9 Å². The molecule has 2 atom stereocenters. The predicted molar refractivity (Wildman–Crippen MR) is 73.0 cm³/mol. The molecule has 2 bridgehead atoms. The number of hydrogen-bond acceptors (Lipinski definition) is 4. The molecule has 2 aliphatic carbocycles. The summed E-state index contributed by atoms with van der Waals surface area (Å²) in [6.07, 6.45) is 1.87. The van der Waals surface area contributed by atoms with E-state index < -0.39 is 5.41 Å². The summed E-state index contributed by atoms with van der Waals surface area (Å²) in [5.74, 6) is 1.17. The first-order chi connectivity index (χ1) is 9.23. The fourth-order valence-corrected chi connectivity index (χ4v) is 4.02. The number of aryl methyl sites for hydroxylation is 1. The topological polar surface area (TPSA) is 72.2 Å². The number of rotatable bonds is 2. The molecule has 0 spiro atoms. The Balaban J connectivity index is 1.93. The summed E-state index contributed by atoms with van der Waals surface area (Å²) in [6.45, 7) is 7.85. The molecule has 1 aromatic rings. The van der Waals surface area contributed by atoms with Crippen molar-refractivity contribution in [2.75, 3.05) is 5.32 Å². The lowest BCUT2D eigenvalue weighted by Gasteiger charge is -2.38. The first-order valence-electron chi connectivity index (χ1n) is 7.01. The average Bonchev–Trinajstić information content (AvgIpc) is 2.89. The Hall–Kier alpha value is -1.65. The molecule has 1 N–H and O–H groups in total. The maximum Gasteiger partial charge on any atom is 0.232 e. The highest BCUT2D eigenvalue weighted by Gasteiger charge is 2.72. The fraction of sp³-hybridized carbons (Fsp3) is 0.667. The second kappa shape index (κ2) is 3.71. The minimum atomic E-state index is -0.619. The highest BCUT2D eigenvalue weighted by atomic mass is 16.5. The van der Waals surface area contributed by atoms with Crippen LogP contribution >= 0.6 is 0 Å². The Bertz CT molecular complexity index is 604. The van der Waals surface area contributed by atoms with Crippen LogP contribution in [0.2, 0.25) is 0 Å². The summed E-state index contributed by atoms with van der Waals surface area (Å²) in [5, 5.41) is 6.62. The zero-order valence-corrected chi connectivity index (χ0v) is 12.4. The molecule has 0 radical (unpaired) electrons. The van der Waals surface area contributed by atoms with E-state index in [1.807, 2.05) is 20.8 Å². The minimum Gasteiger partial charge on any atom is -0.360 e. The van der Waals surface area contributed by atoms with Gasteiger partial charge in [0.05, 0.1) is 5.41 Å². The van der Waals surface area contributed by atoms with Crippen molar-refractivity contribution in [3.63, 3.8) is 0 Å². The van der Waals surface area contributed by atoms with Crippen molar-refractivity contribution in [3.8, 4) is 0 Å². The van der Waals surface area contributed by atoms with Crippen LogP contribution in [0.1, 0.15) is 45.8 Å². The molecule has 0 aromatic carbocycles. The first kappa shape index (κ1) is 13.3. The fourth-order valence-electron chi connectivity index (χ4n) is 4.02. The third-order valence-electron chi connectivity index (χ3n) is 6.01. The van der Waals surface area contributed by atoms with Crippen LogP contribution in [0.4, 0.5) is 5.82 Å². The normalized spacial score (nSPS) is 34.5. The summed E-state index contributed by atoms with van der Waals surface area (Å²) in [6, 6.07) is 1.69. The zero-order chi connectivity index (χ0) is 14.8. The Morgan fingerprint density at radius 2 is 2.05 bits per heavy atom. The van der Waals surface area contributed by atoms with E-state index >= 15 is 0 Å². The van der Waals surface area contributed by atoms with Crippen LogP contribution in [-0.4, -0.2) is 16.8 Å². The van der Waals surface area contributed by atoms with Crippen LogP contribution < -0.4 is 5.32 Å². The van der Waals surface area contributed by atoms with Crippen LogP contribution in [0.3, 0.4) is 0 Å². The van der Waals surface area contributed by atoms with Crippen LogP contribution in [0.5, 0.6) is 0 Å². The molecule has 1 aromatic heterocycles. The third kappa shape index (κ3) is 1.35. The average molecular weight is 276 g/mol. The van der Waals surface area contributed by atoms with Gasteiger partial charge in [0.2, 0.25) is 5.91 Å². The van der Waals surface area contributed by atoms with E-state index in [9.17, 15) is 9.59 Å². The second-order valence-electron chi connectivity index (χ2n) is 6.92. The number of hydrogen-bond donors (Lipinski definition) is 1. The molecule has 2 aliphatic rings. The third-order valence-corrected chi connectivity index (χ3v) is 6.01. The van der Waals surface area contributed by atoms with Crippen molar-refractivity contribution in [2.24, 2.45) is 16.2 Å². The summed E-state index contributed by atoms with van der Waals surface area (Å²) >= 11 is 0. The molecular weight excluding hydrogens is 256 g/mol. The van der Waals surface area contributed by atoms with Crippen LogP contribution in [0.25, 0.3) is 0 Å². The van der Waals surface area contributed by atoms with Gasteiger partial charge in [0.15, 0.2) is 5.82 Å². The lowest BCUT2D eigenvalue weighted by atomic mass is 9.64. The van der Waals surface area contributed by atoms with Crippen molar-refractivity contribution in [2.45, 2.75) is 47.0 Å². The summed E-state index contributed by atoms with van der Waals surface area (Å²) in [4.78, 5) is 25.1. The molecule has 1 amide bonds. The van der Waals surface area contributed by atoms with Gasteiger partial charge in [-0.25, -0.2) is 0 Å². The Labute approximate surface area is 118 Å². The number of amides is 1. The molecule has 5 heteroatoms. The number of nitrogens with zero attached hydrogens (tertiary/aromatic N) is 1. The highest BCUT2D eigenvalue weighted by molar-refractivity contribution is 6.04. The smallest absolute Gasteiger partial charge is 0.232 e. The minimum absolute atomic E-state index is 0.106. The van der Waals surface area contributed by atoms with E-state index in [1.54, 1.807) is 13.0 Å². The molecule has 3 rings (SSSR count). The molecule has 0 aliphatic heterocycles. The maximum atomic E-state index is 12.8. The zero-order valence-electron chi connectivity index (χ0n) is 12.4. The van der Waals surface area contributed by atoms with Crippen molar-refractivity contribution in [3.05, 3.63) is 11.8 Å². The summed E-state index contributed by atoms with van der Waals surface area (Å²) < 4.78 is 4.97. The monoisotopic (exact) mass is 276 g/mol. The molecule has 5 nitrogen and oxygen atoms in total. The van der Waals surface area contributed by atoms with E-state index in [4.69, 9.17) is 4.52 Å². The first-order valence-corrected chi connectivity index (χ1v) is 7.01. The largest absolute Gasteiger partial charge is 0.360 e. The van der Waals surface area contributed by atoms with Crippen molar-refractivity contribution >= 4 is 17.5 Å². The number of carbonyl (C=O) groups excluding carboxylic acids is 2. The maximum absolute atomic E-state index is 12.8. The SMILES string of the molecule is Cc1cc(NC(=O)[C@]23CC[C@@](C)(C(=O)C2)C3(C)C)no1. The van der Waals surface area contributed by atoms with Crippen LogP contribution in [0.15, 0.2) is 10.6 Å².